The molecule has 0 aliphatic carbocycles. The van der Waals surface area contributed by atoms with Crippen molar-refractivity contribution in [2.75, 3.05) is 25.5 Å². The lowest BCUT2D eigenvalue weighted by molar-refractivity contribution is -0.117. The quantitative estimate of drug-likeness (QED) is 0.893. The van der Waals surface area contributed by atoms with Gasteiger partial charge >= 0.3 is 6.03 Å². The van der Waals surface area contributed by atoms with Crippen LogP contribution >= 0.6 is 0 Å². The number of nitrogens with zero attached hydrogens (tertiary/aromatic N) is 2. The van der Waals surface area contributed by atoms with E-state index in [0.29, 0.717) is 13.0 Å². The summed E-state index contributed by atoms with van der Waals surface area (Å²) in [6.07, 6.45) is 0.354. The van der Waals surface area contributed by atoms with E-state index in [4.69, 9.17) is 0 Å². The van der Waals surface area contributed by atoms with Gasteiger partial charge in [0.05, 0.1) is 6.04 Å². The second kappa shape index (κ2) is 5.53. The van der Waals surface area contributed by atoms with Crippen molar-refractivity contribution in [3.8, 4) is 0 Å². The molecule has 1 heterocycles. The molecule has 1 unspecified atom stereocenters. The van der Waals surface area contributed by atoms with Gasteiger partial charge < -0.3 is 15.1 Å². The van der Waals surface area contributed by atoms with Gasteiger partial charge in [-0.1, -0.05) is 6.07 Å². The first-order chi connectivity index (χ1) is 9.38. The van der Waals surface area contributed by atoms with Crippen LogP contribution in [0.1, 0.15) is 17.5 Å². The van der Waals surface area contributed by atoms with Gasteiger partial charge in [0.2, 0.25) is 5.91 Å². The lowest BCUT2D eigenvalue weighted by atomic mass is 10.1. The Morgan fingerprint density at radius 1 is 1.30 bits per heavy atom. The summed E-state index contributed by atoms with van der Waals surface area (Å²) in [4.78, 5) is 26.9. The van der Waals surface area contributed by atoms with Gasteiger partial charge in [-0.2, -0.15) is 0 Å². The molecule has 5 heteroatoms. The third-order valence-corrected chi connectivity index (χ3v) is 3.66. The van der Waals surface area contributed by atoms with E-state index in [-0.39, 0.29) is 18.0 Å². The minimum atomic E-state index is -0.162. The van der Waals surface area contributed by atoms with E-state index >= 15 is 0 Å². The Hall–Kier alpha value is -2.04. The molecule has 2 rings (SSSR count). The average molecular weight is 275 g/mol. The maximum atomic E-state index is 12.1. The number of amides is 3. The minimum Gasteiger partial charge on any atom is -0.333 e. The minimum absolute atomic E-state index is 0.0531. The van der Waals surface area contributed by atoms with E-state index in [0.717, 1.165) is 11.3 Å². The van der Waals surface area contributed by atoms with Crippen LogP contribution in [0.2, 0.25) is 0 Å². The first-order valence-electron chi connectivity index (χ1n) is 6.74. The van der Waals surface area contributed by atoms with Crippen molar-refractivity contribution in [1.82, 2.24) is 10.2 Å². The second-order valence-electron chi connectivity index (χ2n) is 5.52. The number of rotatable bonds is 2. The lowest BCUT2D eigenvalue weighted by Crippen LogP contribution is -2.42. The van der Waals surface area contributed by atoms with Crippen LogP contribution in [-0.4, -0.2) is 43.5 Å². The van der Waals surface area contributed by atoms with Crippen molar-refractivity contribution in [2.24, 2.45) is 0 Å². The molecular weight excluding hydrogens is 254 g/mol. The smallest absolute Gasteiger partial charge is 0.317 e. The van der Waals surface area contributed by atoms with Gasteiger partial charge in [0.25, 0.3) is 0 Å². The van der Waals surface area contributed by atoms with Crippen LogP contribution in [0.5, 0.6) is 0 Å². The number of carbonyl (C=O) groups excluding carboxylic acids is 2. The fraction of sp³-hybridized carbons (Fsp3) is 0.467. The number of carbonyl (C=O) groups is 2. The molecule has 1 atom stereocenters. The monoisotopic (exact) mass is 275 g/mol. The van der Waals surface area contributed by atoms with Crippen LogP contribution in [0, 0.1) is 13.8 Å². The lowest BCUT2D eigenvalue weighted by Gasteiger charge is -2.19. The molecule has 1 aliphatic heterocycles. The van der Waals surface area contributed by atoms with Gasteiger partial charge in [-0.05, 0) is 37.1 Å². The highest BCUT2D eigenvalue weighted by atomic mass is 16.2. The molecule has 0 spiro atoms. The predicted octanol–water partition coefficient (Wildman–Crippen LogP) is 1.68. The van der Waals surface area contributed by atoms with Crippen LogP contribution in [0.4, 0.5) is 10.5 Å². The number of hydrogen-bond acceptors (Lipinski definition) is 2. The highest BCUT2D eigenvalue weighted by Crippen LogP contribution is 2.24. The first kappa shape index (κ1) is 14.4. The Kier molecular flexibility index (Phi) is 3.97. The standard InChI is InChI=1S/C15H21N3O2/c1-10-5-6-13(7-11(10)2)18-9-12(8-14(18)19)16-15(20)17(3)4/h5-7,12H,8-9H2,1-4H3,(H,16,20). The highest BCUT2D eigenvalue weighted by molar-refractivity contribution is 5.96. The molecule has 1 saturated heterocycles. The van der Waals surface area contributed by atoms with E-state index in [9.17, 15) is 9.59 Å². The summed E-state index contributed by atoms with van der Waals surface area (Å²) in [6, 6.07) is 5.70. The zero-order chi connectivity index (χ0) is 14.9. The summed E-state index contributed by atoms with van der Waals surface area (Å²) in [5.41, 5.74) is 3.27. The van der Waals surface area contributed by atoms with E-state index < -0.39 is 0 Å². The maximum Gasteiger partial charge on any atom is 0.317 e. The van der Waals surface area contributed by atoms with Gasteiger partial charge in [0, 0.05) is 32.7 Å². The van der Waals surface area contributed by atoms with Crippen molar-refractivity contribution in [3.63, 3.8) is 0 Å². The number of hydrogen-bond donors (Lipinski definition) is 1. The van der Waals surface area contributed by atoms with Gasteiger partial charge in [-0.15, -0.1) is 0 Å². The van der Waals surface area contributed by atoms with E-state index in [1.54, 1.807) is 19.0 Å². The fourth-order valence-corrected chi connectivity index (χ4v) is 2.25. The molecule has 0 aromatic heterocycles. The third kappa shape index (κ3) is 2.92. The molecule has 0 saturated carbocycles. The summed E-state index contributed by atoms with van der Waals surface area (Å²) in [7, 11) is 3.38. The average Bonchev–Trinajstić information content (AvgIpc) is 2.73. The summed E-state index contributed by atoms with van der Waals surface area (Å²) in [5, 5.41) is 2.86. The highest BCUT2D eigenvalue weighted by Gasteiger charge is 2.31. The largest absolute Gasteiger partial charge is 0.333 e. The van der Waals surface area contributed by atoms with Gasteiger partial charge in [-0.25, -0.2) is 4.79 Å². The summed E-state index contributed by atoms with van der Waals surface area (Å²) in [5.74, 6) is 0.0531. The molecule has 5 nitrogen and oxygen atoms in total. The zero-order valence-corrected chi connectivity index (χ0v) is 12.4. The molecular formula is C15H21N3O2. The maximum absolute atomic E-state index is 12.1. The Morgan fingerprint density at radius 2 is 2.00 bits per heavy atom. The Morgan fingerprint density at radius 3 is 2.60 bits per heavy atom. The van der Waals surface area contributed by atoms with Crippen LogP contribution < -0.4 is 10.2 Å². The fourth-order valence-electron chi connectivity index (χ4n) is 2.25. The molecule has 3 amide bonds. The topological polar surface area (TPSA) is 52.7 Å². The van der Waals surface area contributed by atoms with Crippen LogP contribution in [0.3, 0.4) is 0 Å². The van der Waals surface area contributed by atoms with Gasteiger partial charge in [0.1, 0.15) is 0 Å². The van der Waals surface area contributed by atoms with E-state index in [1.807, 2.05) is 32.0 Å². The van der Waals surface area contributed by atoms with E-state index in [2.05, 4.69) is 5.32 Å². The third-order valence-electron chi connectivity index (χ3n) is 3.66. The number of aryl methyl sites for hydroxylation is 2. The van der Waals surface area contributed by atoms with Gasteiger partial charge in [0.15, 0.2) is 0 Å². The molecule has 0 radical (unpaired) electrons. The van der Waals surface area contributed by atoms with E-state index in [1.165, 1.54) is 10.5 Å². The number of urea groups is 1. The van der Waals surface area contributed by atoms with Crippen LogP contribution in [0.15, 0.2) is 18.2 Å². The molecule has 1 fully saturated rings. The van der Waals surface area contributed by atoms with Crippen molar-refractivity contribution in [2.45, 2.75) is 26.3 Å². The normalized spacial score (nSPS) is 18.3. The van der Waals surface area contributed by atoms with Gasteiger partial charge in [-0.3, -0.25) is 4.79 Å². The number of anilines is 1. The van der Waals surface area contributed by atoms with Crippen LogP contribution in [-0.2, 0) is 4.79 Å². The zero-order valence-electron chi connectivity index (χ0n) is 12.4. The number of benzene rings is 1. The molecule has 108 valence electrons. The molecule has 1 aliphatic rings. The first-order valence-corrected chi connectivity index (χ1v) is 6.74. The Bertz CT molecular complexity index is 540. The SMILES string of the molecule is Cc1ccc(N2CC(NC(=O)N(C)C)CC2=O)cc1C. The Balaban J connectivity index is 2.09. The molecule has 1 N–H and O–H groups in total. The summed E-state index contributed by atoms with van der Waals surface area (Å²) < 4.78 is 0. The second-order valence-corrected chi connectivity index (χ2v) is 5.52. The molecule has 20 heavy (non-hydrogen) atoms. The predicted molar refractivity (Wildman–Crippen MR) is 78.9 cm³/mol. The van der Waals surface area contributed by atoms with Crippen LogP contribution in [0.25, 0.3) is 0 Å². The summed E-state index contributed by atoms with van der Waals surface area (Å²) >= 11 is 0. The Labute approximate surface area is 119 Å². The van der Waals surface area contributed by atoms with Crippen molar-refractivity contribution >= 4 is 17.6 Å². The number of nitrogens with one attached hydrogen (secondary N) is 1. The molecule has 1 aromatic rings. The molecule has 0 bridgehead atoms. The summed E-state index contributed by atoms with van der Waals surface area (Å²) in [6.45, 7) is 4.61. The molecule has 1 aromatic carbocycles. The van der Waals surface area contributed by atoms with Crippen molar-refractivity contribution in [3.05, 3.63) is 29.3 Å². The van der Waals surface area contributed by atoms with Crippen molar-refractivity contribution in [1.29, 1.82) is 0 Å². The van der Waals surface area contributed by atoms with Crippen molar-refractivity contribution < 1.29 is 9.59 Å².